The van der Waals surface area contributed by atoms with E-state index in [1.807, 2.05) is 0 Å². The van der Waals surface area contributed by atoms with Gasteiger partial charge in [0.15, 0.2) is 0 Å². The molecule has 0 aromatic carbocycles. The standard InChI is InChI=1S/C13H22S/c14-3-1-2-13-7-10-4-11(8-13)6-12(5-10)9-13/h10-12,14H,1-9H2. The molecule has 0 N–H and O–H groups in total. The third-order valence-corrected chi connectivity index (χ3v) is 5.35. The van der Waals surface area contributed by atoms with Gasteiger partial charge in [-0.05, 0) is 80.3 Å². The van der Waals surface area contributed by atoms with Gasteiger partial charge >= 0.3 is 0 Å². The van der Waals surface area contributed by atoms with E-state index in [1.165, 1.54) is 12.8 Å². The fourth-order valence-corrected chi connectivity index (χ4v) is 5.21. The Morgan fingerprint density at radius 2 is 1.43 bits per heavy atom. The molecule has 1 heteroatoms. The Labute approximate surface area is 93.3 Å². The van der Waals surface area contributed by atoms with Crippen molar-refractivity contribution in [1.82, 2.24) is 0 Å². The summed E-state index contributed by atoms with van der Waals surface area (Å²) in [7, 11) is 0. The highest BCUT2D eigenvalue weighted by Crippen LogP contribution is 2.61. The van der Waals surface area contributed by atoms with E-state index in [2.05, 4.69) is 12.6 Å². The summed E-state index contributed by atoms with van der Waals surface area (Å²) in [6.45, 7) is 0. The van der Waals surface area contributed by atoms with Gasteiger partial charge in [-0.2, -0.15) is 12.6 Å². The van der Waals surface area contributed by atoms with Crippen LogP contribution in [0.15, 0.2) is 0 Å². The zero-order valence-corrected chi connectivity index (χ0v) is 9.94. The summed E-state index contributed by atoms with van der Waals surface area (Å²) in [4.78, 5) is 0. The molecule has 0 atom stereocenters. The fraction of sp³-hybridized carbons (Fsp3) is 1.00. The van der Waals surface area contributed by atoms with Crippen molar-refractivity contribution in [3.05, 3.63) is 0 Å². The molecular formula is C13H22S. The van der Waals surface area contributed by atoms with Gasteiger partial charge in [0.2, 0.25) is 0 Å². The first-order valence-electron chi connectivity index (χ1n) is 6.40. The molecule has 0 aliphatic heterocycles. The monoisotopic (exact) mass is 210 g/mol. The lowest BCUT2D eigenvalue weighted by Gasteiger charge is -2.57. The first kappa shape index (κ1) is 9.57. The van der Waals surface area contributed by atoms with Crippen molar-refractivity contribution in [2.45, 2.75) is 51.4 Å². The van der Waals surface area contributed by atoms with Crippen LogP contribution < -0.4 is 0 Å². The highest BCUT2D eigenvalue weighted by molar-refractivity contribution is 7.80. The number of thiol groups is 1. The molecule has 0 aromatic rings. The third-order valence-electron chi connectivity index (χ3n) is 5.03. The summed E-state index contributed by atoms with van der Waals surface area (Å²) in [6.07, 6.45) is 12.3. The number of hydrogen-bond donors (Lipinski definition) is 1. The molecule has 0 heterocycles. The Bertz CT molecular complexity index is 186. The SMILES string of the molecule is SCCCC12CC3CC(CC(C3)C1)C2. The molecule has 4 aliphatic carbocycles. The van der Waals surface area contributed by atoms with Crippen LogP contribution in [-0.4, -0.2) is 5.75 Å². The van der Waals surface area contributed by atoms with Gasteiger partial charge in [0, 0.05) is 0 Å². The van der Waals surface area contributed by atoms with Crippen LogP contribution in [-0.2, 0) is 0 Å². The number of hydrogen-bond acceptors (Lipinski definition) is 1. The van der Waals surface area contributed by atoms with Crippen LogP contribution in [0.5, 0.6) is 0 Å². The van der Waals surface area contributed by atoms with Crippen molar-refractivity contribution in [3.63, 3.8) is 0 Å². The highest BCUT2D eigenvalue weighted by Gasteiger charge is 2.50. The average Bonchev–Trinajstić information content (AvgIpc) is 2.12. The van der Waals surface area contributed by atoms with Gasteiger partial charge in [0.05, 0.1) is 0 Å². The molecule has 0 spiro atoms. The molecule has 0 aromatic heterocycles. The Balaban J connectivity index is 1.74. The van der Waals surface area contributed by atoms with Gasteiger partial charge in [-0.25, -0.2) is 0 Å². The minimum Gasteiger partial charge on any atom is -0.179 e. The zero-order valence-electron chi connectivity index (χ0n) is 9.04. The van der Waals surface area contributed by atoms with Crippen molar-refractivity contribution in [2.24, 2.45) is 23.2 Å². The molecule has 0 unspecified atom stereocenters. The molecule has 4 bridgehead atoms. The lowest BCUT2D eigenvalue weighted by atomic mass is 9.49. The first-order chi connectivity index (χ1) is 6.80. The second kappa shape index (κ2) is 3.43. The van der Waals surface area contributed by atoms with Crippen molar-refractivity contribution >= 4 is 12.6 Å². The molecule has 4 aliphatic rings. The van der Waals surface area contributed by atoms with Crippen LogP contribution in [0.4, 0.5) is 0 Å². The van der Waals surface area contributed by atoms with Crippen molar-refractivity contribution in [2.75, 3.05) is 5.75 Å². The van der Waals surface area contributed by atoms with Crippen LogP contribution in [0.2, 0.25) is 0 Å². The van der Waals surface area contributed by atoms with E-state index in [0.717, 1.165) is 28.9 Å². The van der Waals surface area contributed by atoms with Crippen LogP contribution >= 0.6 is 12.6 Å². The minimum atomic E-state index is 0.803. The van der Waals surface area contributed by atoms with Gasteiger partial charge in [-0.1, -0.05) is 0 Å². The van der Waals surface area contributed by atoms with Crippen LogP contribution in [0, 0.1) is 23.2 Å². The van der Waals surface area contributed by atoms with E-state index in [4.69, 9.17) is 0 Å². The maximum absolute atomic E-state index is 4.37. The van der Waals surface area contributed by atoms with E-state index < -0.39 is 0 Å². The Morgan fingerprint density at radius 3 is 1.86 bits per heavy atom. The summed E-state index contributed by atoms with van der Waals surface area (Å²) in [5.41, 5.74) is 0.803. The maximum atomic E-state index is 4.37. The van der Waals surface area contributed by atoms with Gasteiger partial charge < -0.3 is 0 Å². The highest BCUT2D eigenvalue weighted by atomic mass is 32.1. The van der Waals surface area contributed by atoms with E-state index in [1.54, 1.807) is 38.5 Å². The largest absolute Gasteiger partial charge is 0.179 e. The second-order valence-corrected chi connectivity index (χ2v) is 6.69. The molecule has 4 rings (SSSR count). The molecule has 0 radical (unpaired) electrons. The van der Waals surface area contributed by atoms with Crippen LogP contribution in [0.3, 0.4) is 0 Å². The molecule has 0 nitrogen and oxygen atoms in total. The summed E-state index contributed by atoms with van der Waals surface area (Å²) in [5, 5.41) is 0. The fourth-order valence-electron chi connectivity index (χ4n) is 5.05. The quantitative estimate of drug-likeness (QED) is 0.671. The predicted molar refractivity (Wildman–Crippen MR) is 63.7 cm³/mol. The topological polar surface area (TPSA) is 0 Å². The summed E-state index contributed by atoms with van der Waals surface area (Å²) < 4.78 is 0. The van der Waals surface area contributed by atoms with E-state index >= 15 is 0 Å². The van der Waals surface area contributed by atoms with Gasteiger partial charge in [0.25, 0.3) is 0 Å². The number of rotatable bonds is 3. The summed E-state index contributed by atoms with van der Waals surface area (Å²) in [5.74, 6) is 4.48. The summed E-state index contributed by atoms with van der Waals surface area (Å²) >= 11 is 4.37. The van der Waals surface area contributed by atoms with Crippen LogP contribution in [0.25, 0.3) is 0 Å². The second-order valence-electron chi connectivity index (χ2n) is 6.24. The first-order valence-corrected chi connectivity index (χ1v) is 7.04. The Morgan fingerprint density at radius 1 is 0.929 bits per heavy atom. The van der Waals surface area contributed by atoms with Gasteiger partial charge in [-0.15, -0.1) is 0 Å². The molecule has 4 saturated carbocycles. The molecule has 0 amide bonds. The van der Waals surface area contributed by atoms with Gasteiger partial charge in [-0.3, -0.25) is 0 Å². The van der Waals surface area contributed by atoms with E-state index in [0.29, 0.717) is 0 Å². The molecule has 4 fully saturated rings. The van der Waals surface area contributed by atoms with Crippen molar-refractivity contribution in [3.8, 4) is 0 Å². The smallest absolute Gasteiger partial charge is 0.00977 e. The Hall–Kier alpha value is 0.350. The Kier molecular flexibility index (Phi) is 2.35. The zero-order chi connectivity index (χ0) is 9.60. The van der Waals surface area contributed by atoms with E-state index in [9.17, 15) is 0 Å². The van der Waals surface area contributed by atoms with Gasteiger partial charge in [0.1, 0.15) is 0 Å². The third kappa shape index (κ3) is 1.52. The molecule has 80 valence electrons. The van der Waals surface area contributed by atoms with Crippen molar-refractivity contribution in [1.29, 1.82) is 0 Å². The molecular weight excluding hydrogens is 188 g/mol. The molecule has 0 saturated heterocycles. The predicted octanol–water partition coefficient (Wildman–Crippen LogP) is 3.91. The summed E-state index contributed by atoms with van der Waals surface area (Å²) in [6, 6.07) is 0. The minimum absolute atomic E-state index is 0.803. The maximum Gasteiger partial charge on any atom is -0.00977 e. The average molecular weight is 210 g/mol. The normalized spacial score (nSPS) is 49.9. The molecule has 14 heavy (non-hydrogen) atoms. The van der Waals surface area contributed by atoms with Crippen LogP contribution in [0.1, 0.15) is 51.4 Å². The van der Waals surface area contributed by atoms with Crippen molar-refractivity contribution < 1.29 is 0 Å². The lowest BCUT2D eigenvalue weighted by Crippen LogP contribution is -2.45. The van der Waals surface area contributed by atoms with E-state index in [-0.39, 0.29) is 0 Å². The lowest BCUT2D eigenvalue weighted by molar-refractivity contribution is -0.0573.